The first-order valence-corrected chi connectivity index (χ1v) is 10.6. The van der Waals surface area contributed by atoms with Gasteiger partial charge in [-0.15, -0.1) is 23.1 Å². The van der Waals surface area contributed by atoms with Gasteiger partial charge in [-0.3, -0.25) is 9.59 Å². The molecule has 0 spiro atoms. The van der Waals surface area contributed by atoms with Crippen LogP contribution in [0.5, 0.6) is 0 Å². The number of halogens is 2. The van der Waals surface area contributed by atoms with Crippen molar-refractivity contribution in [1.82, 2.24) is 4.98 Å². The molecule has 0 bridgehead atoms. The van der Waals surface area contributed by atoms with Crippen LogP contribution < -0.4 is 10.2 Å². The summed E-state index contributed by atoms with van der Waals surface area (Å²) in [6.45, 7) is 0.249. The minimum absolute atomic E-state index is 0.0368. The normalized spacial score (nSPS) is 13.3. The number of thioether (sulfide) groups is 1. The van der Waals surface area contributed by atoms with Crippen LogP contribution in [0.25, 0.3) is 11.3 Å². The van der Waals surface area contributed by atoms with E-state index in [2.05, 4.69) is 10.3 Å². The molecule has 0 saturated heterocycles. The number of carbonyl (C=O) groups excluding carboxylic acids is 2. The van der Waals surface area contributed by atoms with Crippen molar-refractivity contribution in [3.05, 3.63) is 59.5 Å². The third kappa shape index (κ3) is 4.30. The Balaban J connectivity index is 1.40. The summed E-state index contributed by atoms with van der Waals surface area (Å²) in [6.07, 6.45) is 0.0913. The average molecular weight is 431 g/mol. The van der Waals surface area contributed by atoms with E-state index in [1.807, 2.05) is 24.3 Å². The maximum Gasteiger partial charge on any atom is 0.237 e. The molecule has 5 nitrogen and oxygen atoms in total. The van der Waals surface area contributed by atoms with E-state index < -0.39 is 11.6 Å². The van der Waals surface area contributed by atoms with Crippen LogP contribution in [0.4, 0.5) is 19.6 Å². The number of rotatable bonds is 5. The molecule has 0 saturated carbocycles. The minimum atomic E-state index is -0.588. The minimum Gasteiger partial charge on any atom is -0.310 e. The Kier molecular flexibility index (Phi) is 5.59. The molecule has 0 radical (unpaired) electrons. The van der Waals surface area contributed by atoms with E-state index in [4.69, 9.17) is 0 Å². The summed E-state index contributed by atoms with van der Waals surface area (Å²) in [5.74, 6) is -1.17. The summed E-state index contributed by atoms with van der Waals surface area (Å²) in [4.78, 5) is 31.3. The number of thiazole rings is 1. The number of nitrogens with one attached hydrogen (secondary N) is 1. The highest BCUT2D eigenvalue weighted by molar-refractivity contribution is 8.00. The zero-order valence-electron chi connectivity index (χ0n) is 15.0. The number of benzene rings is 2. The van der Waals surface area contributed by atoms with Crippen molar-refractivity contribution in [2.45, 2.75) is 11.3 Å². The summed E-state index contributed by atoms with van der Waals surface area (Å²) in [5, 5.41) is 4.49. The molecule has 0 unspecified atom stereocenters. The van der Waals surface area contributed by atoms with Crippen LogP contribution in [-0.4, -0.2) is 29.1 Å². The van der Waals surface area contributed by atoms with Crippen molar-refractivity contribution < 1.29 is 18.4 Å². The molecule has 2 aromatic carbocycles. The van der Waals surface area contributed by atoms with Crippen LogP contribution in [0.1, 0.15) is 6.42 Å². The molecule has 2 heterocycles. The van der Waals surface area contributed by atoms with E-state index in [0.29, 0.717) is 5.75 Å². The first-order valence-electron chi connectivity index (χ1n) is 8.74. The maximum absolute atomic E-state index is 13.9. The van der Waals surface area contributed by atoms with Crippen LogP contribution in [-0.2, 0) is 9.59 Å². The SMILES string of the molecule is O=C(CCN1C(=O)CSc2ccccc21)Nc1nc(-c2cc(F)ccc2F)cs1. The monoisotopic (exact) mass is 431 g/mol. The number of nitrogens with zero attached hydrogens (tertiary/aromatic N) is 2. The van der Waals surface area contributed by atoms with Crippen molar-refractivity contribution >= 4 is 45.7 Å². The molecule has 1 N–H and O–H groups in total. The van der Waals surface area contributed by atoms with Crippen LogP contribution in [0.15, 0.2) is 52.7 Å². The molecule has 1 aliphatic heterocycles. The van der Waals surface area contributed by atoms with Gasteiger partial charge in [0.15, 0.2) is 5.13 Å². The maximum atomic E-state index is 13.9. The topological polar surface area (TPSA) is 62.3 Å². The number of anilines is 2. The lowest BCUT2D eigenvalue weighted by Gasteiger charge is -2.28. The van der Waals surface area contributed by atoms with Gasteiger partial charge in [-0.1, -0.05) is 12.1 Å². The lowest BCUT2D eigenvalue weighted by Crippen LogP contribution is -2.37. The highest BCUT2D eigenvalue weighted by atomic mass is 32.2. The van der Waals surface area contributed by atoms with Crippen molar-refractivity contribution in [3.8, 4) is 11.3 Å². The van der Waals surface area contributed by atoms with Crippen LogP contribution in [0.3, 0.4) is 0 Å². The van der Waals surface area contributed by atoms with Gasteiger partial charge < -0.3 is 10.2 Å². The number of hydrogen-bond donors (Lipinski definition) is 1. The van der Waals surface area contributed by atoms with Gasteiger partial charge >= 0.3 is 0 Å². The van der Waals surface area contributed by atoms with Crippen molar-refractivity contribution in [1.29, 1.82) is 0 Å². The molecule has 9 heteroatoms. The number of aromatic nitrogens is 1. The average Bonchev–Trinajstić information content (AvgIpc) is 3.17. The van der Waals surface area contributed by atoms with Crippen molar-refractivity contribution in [2.75, 3.05) is 22.5 Å². The molecular formula is C20H15F2N3O2S2. The number of hydrogen-bond acceptors (Lipinski definition) is 5. The molecule has 29 heavy (non-hydrogen) atoms. The van der Waals surface area contributed by atoms with Crippen LogP contribution in [0.2, 0.25) is 0 Å². The zero-order valence-corrected chi connectivity index (χ0v) is 16.7. The predicted octanol–water partition coefficient (Wildman–Crippen LogP) is 4.56. The lowest BCUT2D eigenvalue weighted by molar-refractivity contribution is -0.117. The molecule has 1 aliphatic rings. The van der Waals surface area contributed by atoms with Gasteiger partial charge in [-0.2, -0.15) is 0 Å². The Morgan fingerprint density at radius 3 is 2.90 bits per heavy atom. The van der Waals surface area contributed by atoms with E-state index in [9.17, 15) is 18.4 Å². The summed E-state index contributed by atoms with van der Waals surface area (Å²) in [5.41, 5.74) is 1.09. The summed E-state index contributed by atoms with van der Waals surface area (Å²) in [7, 11) is 0. The van der Waals surface area contributed by atoms with Gasteiger partial charge in [-0.25, -0.2) is 13.8 Å². The summed E-state index contributed by atoms with van der Waals surface area (Å²) in [6, 6.07) is 10.7. The Morgan fingerprint density at radius 2 is 2.03 bits per heavy atom. The molecule has 148 valence electrons. The quantitative estimate of drug-likeness (QED) is 0.644. The fourth-order valence-corrected chi connectivity index (χ4v) is 4.61. The Labute approximate surface area is 173 Å². The van der Waals surface area contributed by atoms with Gasteiger partial charge in [0.25, 0.3) is 0 Å². The third-order valence-corrected chi connectivity index (χ3v) is 6.13. The molecule has 0 aliphatic carbocycles. The van der Waals surface area contributed by atoms with E-state index in [1.165, 1.54) is 11.8 Å². The molecule has 0 atom stereocenters. The zero-order chi connectivity index (χ0) is 20.4. The Morgan fingerprint density at radius 1 is 1.21 bits per heavy atom. The first kappa shape index (κ1) is 19.5. The number of carbonyl (C=O) groups is 2. The van der Waals surface area contributed by atoms with Crippen LogP contribution in [0, 0.1) is 11.6 Å². The van der Waals surface area contributed by atoms with Gasteiger partial charge in [0.05, 0.1) is 17.1 Å². The molecular weight excluding hydrogens is 416 g/mol. The molecule has 1 aromatic heterocycles. The fraction of sp³-hybridized carbons (Fsp3) is 0.150. The molecule has 4 rings (SSSR count). The third-order valence-electron chi connectivity index (χ3n) is 4.33. The van der Waals surface area contributed by atoms with Gasteiger partial charge in [-0.05, 0) is 30.3 Å². The number of amides is 2. The second-order valence-electron chi connectivity index (χ2n) is 6.26. The largest absolute Gasteiger partial charge is 0.310 e. The molecule has 3 aromatic rings. The predicted molar refractivity (Wildman–Crippen MR) is 110 cm³/mol. The summed E-state index contributed by atoms with van der Waals surface area (Å²) < 4.78 is 27.3. The Bertz CT molecular complexity index is 1090. The highest BCUT2D eigenvalue weighted by Gasteiger charge is 2.24. The molecule has 0 fully saturated rings. The van der Waals surface area contributed by atoms with E-state index in [0.717, 1.165) is 40.1 Å². The molecule has 2 amide bonds. The smallest absolute Gasteiger partial charge is 0.237 e. The van der Waals surface area contributed by atoms with Crippen LogP contribution >= 0.6 is 23.1 Å². The van der Waals surface area contributed by atoms with E-state index in [1.54, 1.807) is 10.3 Å². The number of fused-ring (bicyclic) bond motifs is 1. The van der Waals surface area contributed by atoms with Gasteiger partial charge in [0, 0.05) is 28.8 Å². The fourth-order valence-electron chi connectivity index (χ4n) is 2.94. The van der Waals surface area contributed by atoms with E-state index >= 15 is 0 Å². The van der Waals surface area contributed by atoms with Crippen molar-refractivity contribution in [3.63, 3.8) is 0 Å². The van der Waals surface area contributed by atoms with Crippen molar-refractivity contribution in [2.24, 2.45) is 0 Å². The standard InChI is InChI=1S/C20H15F2N3O2S2/c21-12-5-6-14(22)13(9-12)15-10-29-20(23-15)24-18(26)7-8-25-16-3-1-2-4-17(16)28-11-19(25)27/h1-6,9-10H,7-8,11H2,(H,23,24,26). The summed E-state index contributed by atoms with van der Waals surface area (Å²) >= 11 is 2.60. The highest BCUT2D eigenvalue weighted by Crippen LogP contribution is 2.35. The number of para-hydroxylation sites is 1. The second kappa shape index (κ2) is 8.30. The second-order valence-corrected chi connectivity index (χ2v) is 8.14. The van der Waals surface area contributed by atoms with Gasteiger partial charge in [0.1, 0.15) is 11.6 Å². The van der Waals surface area contributed by atoms with Gasteiger partial charge in [0.2, 0.25) is 11.8 Å². The Hall–Kier alpha value is -2.78. The van der Waals surface area contributed by atoms with E-state index in [-0.39, 0.29) is 41.2 Å². The lowest BCUT2D eigenvalue weighted by atomic mass is 10.1. The first-order chi connectivity index (χ1) is 14.0.